The van der Waals surface area contributed by atoms with Gasteiger partial charge in [0.2, 0.25) is 0 Å². The molecule has 2 aromatic carbocycles. The van der Waals surface area contributed by atoms with Crippen LogP contribution in [0.1, 0.15) is 18.6 Å². The Morgan fingerprint density at radius 1 is 0.923 bits per heavy atom. The van der Waals surface area contributed by atoms with E-state index in [4.69, 9.17) is 23.2 Å². The number of halogens is 2. The van der Waals surface area contributed by atoms with Crippen molar-refractivity contribution in [1.82, 2.24) is 9.38 Å². The van der Waals surface area contributed by atoms with Crippen LogP contribution in [0.5, 0.6) is 0 Å². The summed E-state index contributed by atoms with van der Waals surface area (Å²) in [7, 11) is 0. The van der Waals surface area contributed by atoms with Gasteiger partial charge in [0.25, 0.3) is 0 Å². The van der Waals surface area contributed by atoms with Gasteiger partial charge in [0, 0.05) is 28.5 Å². The van der Waals surface area contributed by atoms with Crippen molar-refractivity contribution in [1.29, 1.82) is 0 Å². The Morgan fingerprint density at radius 2 is 1.65 bits per heavy atom. The summed E-state index contributed by atoms with van der Waals surface area (Å²) in [5, 5.41) is 11.2. The molecule has 0 saturated heterocycles. The molecule has 0 amide bonds. The lowest BCUT2D eigenvalue weighted by molar-refractivity contribution is 0.199. The lowest BCUT2D eigenvalue weighted by atomic mass is 10.0. The lowest BCUT2D eigenvalue weighted by Crippen LogP contribution is -1.94. The Labute approximate surface area is 161 Å². The minimum absolute atomic E-state index is 0.569. The van der Waals surface area contributed by atoms with E-state index in [-0.39, 0.29) is 0 Å². The zero-order valence-corrected chi connectivity index (χ0v) is 15.5. The highest BCUT2D eigenvalue weighted by atomic mass is 35.5. The average Bonchev–Trinajstić information content (AvgIpc) is 3.05. The number of nitrogens with zero attached hydrogens (tertiary/aromatic N) is 2. The van der Waals surface area contributed by atoms with Crippen molar-refractivity contribution >= 4 is 28.8 Å². The summed E-state index contributed by atoms with van der Waals surface area (Å²) >= 11 is 12.5. The van der Waals surface area contributed by atoms with Crippen molar-refractivity contribution in [3.63, 3.8) is 0 Å². The maximum Gasteiger partial charge on any atom is 0.137 e. The van der Waals surface area contributed by atoms with Gasteiger partial charge in [0.15, 0.2) is 0 Å². The van der Waals surface area contributed by atoms with Crippen molar-refractivity contribution in [2.24, 2.45) is 0 Å². The zero-order chi connectivity index (χ0) is 18.3. The van der Waals surface area contributed by atoms with Crippen LogP contribution in [0.4, 0.5) is 0 Å². The molecule has 130 valence electrons. The van der Waals surface area contributed by atoms with E-state index in [1.54, 1.807) is 6.92 Å². The van der Waals surface area contributed by atoms with E-state index in [1.165, 1.54) is 0 Å². The second-order valence-electron chi connectivity index (χ2n) is 6.20. The van der Waals surface area contributed by atoms with Gasteiger partial charge >= 0.3 is 0 Å². The summed E-state index contributed by atoms with van der Waals surface area (Å²) in [5.41, 5.74) is 5.30. The van der Waals surface area contributed by atoms with Crippen LogP contribution in [0.2, 0.25) is 10.0 Å². The van der Waals surface area contributed by atoms with E-state index in [1.807, 2.05) is 71.4 Å². The van der Waals surface area contributed by atoms with E-state index >= 15 is 0 Å². The van der Waals surface area contributed by atoms with Gasteiger partial charge < -0.3 is 9.51 Å². The van der Waals surface area contributed by atoms with E-state index in [0.29, 0.717) is 10.0 Å². The topological polar surface area (TPSA) is 37.5 Å². The van der Waals surface area contributed by atoms with Crippen LogP contribution < -0.4 is 0 Å². The van der Waals surface area contributed by atoms with Gasteiger partial charge in [0.1, 0.15) is 5.65 Å². The molecular weight excluding hydrogens is 367 g/mol. The summed E-state index contributed by atoms with van der Waals surface area (Å²) < 4.78 is 1.98. The molecule has 0 aliphatic heterocycles. The monoisotopic (exact) mass is 382 g/mol. The van der Waals surface area contributed by atoms with E-state index < -0.39 is 6.10 Å². The Bertz CT molecular complexity index is 1090. The van der Waals surface area contributed by atoms with Crippen LogP contribution in [0.15, 0.2) is 67.0 Å². The summed E-state index contributed by atoms with van der Waals surface area (Å²) in [4.78, 5) is 4.66. The molecule has 0 fully saturated rings. The van der Waals surface area contributed by atoms with Crippen LogP contribution in [0.25, 0.3) is 28.0 Å². The largest absolute Gasteiger partial charge is 0.389 e. The SMILES string of the molecule is CC(O)c1cccc(-c2ccc3nc(-c4ccc(Cl)cc4)cn3c2)c1Cl. The fourth-order valence-electron chi connectivity index (χ4n) is 3.01. The van der Waals surface area contributed by atoms with E-state index in [0.717, 1.165) is 33.6 Å². The number of aliphatic hydroxyl groups is 1. The molecule has 0 spiro atoms. The van der Waals surface area contributed by atoms with Crippen molar-refractivity contribution in [3.05, 3.63) is 82.6 Å². The molecular formula is C21H16Cl2N2O. The van der Waals surface area contributed by atoms with Crippen LogP contribution in [-0.4, -0.2) is 14.5 Å². The van der Waals surface area contributed by atoms with Crippen LogP contribution in [0, 0.1) is 0 Å². The number of fused-ring (bicyclic) bond motifs is 1. The number of hydrogen-bond acceptors (Lipinski definition) is 2. The molecule has 0 aliphatic rings. The summed E-state index contributed by atoms with van der Waals surface area (Å²) in [6.07, 6.45) is 3.36. The van der Waals surface area contributed by atoms with Crippen LogP contribution >= 0.6 is 23.2 Å². The fourth-order valence-corrected chi connectivity index (χ4v) is 3.53. The Morgan fingerprint density at radius 3 is 2.38 bits per heavy atom. The number of pyridine rings is 1. The molecule has 0 radical (unpaired) electrons. The van der Waals surface area contributed by atoms with E-state index in [9.17, 15) is 5.11 Å². The van der Waals surface area contributed by atoms with Crippen molar-refractivity contribution in [2.45, 2.75) is 13.0 Å². The molecule has 0 bridgehead atoms. The molecule has 0 aliphatic carbocycles. The maximum atomic E-state index is 9.89. The van der Waals surface area contributed by atoms with Gasteiger partial charge in [-0.2, -0.15) is 0 Å². The second-order valence-corrected chi connectivity index (χ2v) is 7.02. The third-order valence-corrected chi connectivity index (χ3v) is 5.05. The fraction of sp³-hybridized carbons (Fsp3) is 0.0952. The third kappa shape index (κ3) is 3.10. The molecule has 4 rings (SSSR count). The van der Waals surface area contributed by atoms with Crippen molar-refractivity contribution in [3.8, 4) is 22.4 Å². The van der Waals surface area contributed by atoms with Gasteiger partial charge in [-0.15, -0.1) is 0 Å². The number of aromatic nitrogens is 2. The Balaban J connectivity index is 1.79. The van der Waals surface area contributed by atoms with Crippen LogP contribution in [-0.2, 0) is 0 Å². The normalized spacial score (nSPS) is 12.5. The molecule has 3 nitrogen and oxygen atoms in total. The van der Waals surface area contributed by atoms with Gasteiger partial charge in [-0.25, -0.2) is 4.98 Å². The Kier molecular flexibility index (Phi) is 4.45. The predicted octanol–water partition coefficient (Wildman–Crippen LogP) is 6.03. The molecule has 2 heterocycles. The molecule has 26 heavy (non-hydrogen) atoms. The first kappa shape index (κ1) is 17.1. The average molecular weight is 383 g/mol. The predicted molar refractivity (Wildman–Crippen MR) is 107 cm³/mol. The van der Waals surface area contributed by atoms with Gasteiger partial charge in [-0.1, -0.05) is 53.5 Å². The zero-order valence-electron chi connectivity index (χ0n) is 14.0. The number of aliphatic hydroxyl groups excluding tert-OH is 1. The maximum absolute atomic E-state index is 9.89. The lowest BCUT2D eigenvalue weighted by Gasteiger charge is -2.12. The van der Waals surface area contributed by atoms with Gasteiger partial charge in [0.05, 0.1) is 16.8 Å². The minimum Gasteiger partial charge on any atom is -0.389 e. The second kappa shape index (κ2) is 6.76. The molecule has 1 atom stereocenters. The quantitative estimate of drug-likeness (QED) is 0.469. The summed E-state index contributed by atoms with van der Waals surface area (Å²) in [6, 6.07) is 17.3. The standard InChI is InChI=1S/C21H16Cl2N2O/c1-13(26)17-3-2-4-18(21(17)23)15-7-10-20-24-19(12-25(20)11-15)14-5-8-16(22)9-6-14/h2-13,26H,1H3. The molecule has 1 N–H and O–H groups in total. The first-order valence-electron chi connectivity index (χ1n) is 8.24. The Hall–Kier alpha value is -2.33. The van der Waals surface area contributed by atoms with E-state index in [2.05, 4.69) is 4.98 Å². The first-order valence-corrected chi connectivity index (χ1v) is 9.00. The number of imidazole rings is 1. The molecule has 0 saturated carbocycles. The van der Waals surface area contributed by atoms with Crippen molar-refractivity contribution in [2.75, 3.05) is 0 Å². The minimum atomic E-state index is -0.615. The van der Waals surface area contributed by atoms with Gasteiger partial charge in [-0.3, -0.25) is 0 Å². The number of hydrogen-bond donors (Lipinski definition) is 1. The van der Waals surface area contributed by atoms with Gasteiger partial charge in [-0.05, 0) is 42.3 Å². The summed E-state index contributed by atoms with van der Waals surface area (Å²) in [5.74, 6) is 0. The highest BCUT2D eigenvalue weighted by molar-refractivity contribution is 6.34. The molecule has 4 aromatic rings. The molecule has 2 aromatic heterocycles. The van der Waals surface area contributed by atoms with Crippen LogP contribution in [0.3, 0.4) is 0 Å². The smallest absolute Gasteiger partial charge is 0.137 e. The number of benzene rings is 2. The third-order valence-electron chi connectivity index (χ3n) is 4.38. The molecule has 5 heteroatoms. The first-order chi connectivity index (χ1) is 12.5. The molecule has 1 unspecified atom stereocenters. The highest BCUT2D eigenvalue weighted by Crippen LogP contribution is 2.34. The summed E-state index contributed by atoms with van der Waals surface area (Å²) in [6.45, 7) is 1.71. The number of rotatable bonds is 3. The highest BCUT2D eigenvalue weighted by Gasteiger charge is 2.13. The van der Waals surface area contributed by atoms with Crippen molar-refractivity contribution < 1.29 is 5.11 Å².